The molecule has 1 aromatic heterocycles. The SMILES string of the molecule is C[C@H](CO)CNS(=O)(=O)c1cccc2cccnc12. The van der Waals surface area contributed by atoms with Crippen LogP contribution in [0, 0.1) is 5.92 Å². The fourth-order valence-corrected chi connectivity index (χ4v) is 3.03. The van der Waals surface area contributed by atoms with Crippen LogP contribution in [-0.4, -0.2) is 31.7 Å². The van der Waals surface area contributed by atoms with Gasteiger partial charge in [-0.1, -0.05) is 25.1 Å². The van der Waals surface area contributed by atoms with Gasteiger partial charge < -0.3 is 5.11 Å². The van der Waals surface area contributed by atoms with Gasteiger partial charge in [-0.25, -0.2) is 13.1 Å². The van der Waals surface area contributed by atoms with Gasteiger partial charge in [0.25, 0.3) is 0 Å². The number of nitrogens with zero attached hydrogens (tertiary/aromatic N) is 1. The number of nitrogens with one attached hydrogen (secondary N) is 1. The molecular weight excluding hydrogens is 264 g/mol. The zero-order valence-electron chi connectivity index (χ0n) is 10.6. The van der Waals surface area contributed by atoms with E-state index in [2.05, 4.69) is 9.71 Å². The van der Waals surface area contributed by atoms with E-state index in [-0.39, 0.29) is 24.0 Å². The van der Waals surface area contributed by atoms with Crippen LogP contribution in [-0.2, 0) is 10.0 Å². The second-order valence-corrected chi connectivity index (χ2v) is 6.21. The molecule has 0 amide bonds. The van der Waals surface area contributed by atoms with E-state index in [4.69, 9.17) is 5.11 Å². The highest BCUT2D eigenvalue weighted by Crippen LogP contribution is 2.20. The van der Waals surface area contributed by atoms with Gasteiger partial charge in [0.05, 0.1) is 5.52 Å². The van der Waals surface area contributed by atoms with Gasteiger partial charge in [-0.05, 0) is 18.1 Å². The number of para-hydroxylation sites is 1. The van der Waals surface area contributed by atoms with Crippen LogP contribution in [0.5, 0.6) is 0 Å². The zero-order valence-corrected chi connectivity index (χ0v) is 11.4. The zero-order chi connectivity index (χ0) is 13.9. The largest absolute Gasteiger partial charge is 0.396 e. The van der Waals surface area contributed by atoms with Gasteiger partial charge >= 0.3 is 0 Å². The van der Waals surface area contributed by atoms with Crippen molar-refractivity contribution < 1.29 is 13.5 Å². The highest BCUT2D eigenvalue weighted by atomic mass is 32.2. The van der Waals surface area contributed by atoms with E-state index in [1.807, 2.05) is 12.1 Å². The molecule has 19 heavy (non-hydrogen) atoms. The molecule has 5 nitrogen and oxygen atoms in total. The molecular formula is C13H16N2O3S. The standard InChI is InChI=1S/C13H16N2O3S/c1-10(9-16)8-15-19(17,18)12-6-2-4-11-5-3-7-14-13(11)12/h2-7,10,15-16H,8-9H2,1H3/t10-/m0/s1. The molecule has 0 spiro atoms. The molecule has 6 heteroatoms. The highest BCUT2D eigenvalue weighted by Gasteiger charge is 2.18. The van der Waals surface area contributed by atoms with E-state index in [0.29, 0.717) is 5.52 Å². The quantitative estimate of drug-likeness (QED) is 0.861. The Morgan fingerprint density at radius 1 is 1.32 bits per heavy atom. The van der Waals surface area contributed by atoms with Crippen molar-refractivity contribution in [3.63, 3.8) is 0 Å². The van der Waals surface area contributed by atoms with Crippen molar-refractivity contribution in [2.24, 2.45) is 5.92 Å². The van der Waals surface area contributed by atoms with Gasteiger partial charge in [0.15, 0.2) is 0 Å². The van der Waals surface area contributed by atoms with Gasteiger partial charge in [0.1, 0.15) is 4.90 Å². The van der Waals surface area contributed by atoms with E-state index in [1.54, 1.807) is 25.3 Å². The minimum absolute atomic E-state index is 0.0592. The third-order valence-electron chi connectivity index (χ3n) is 2.82. The fourth-order valence-electron chi connectivity index (χ4n) is 1.69. The summed E-state index contributed by atoms with van der Waals surface area (Å²) in [5.41, 5.74) is 0.453. The van der Waals surface area contributed by atoms with E-state index < -0.39 is 10.0 Å². The summed E-state index contributed by atoms with van der Waals surface area (Å²) in [5.74, 6) is -0.127. The lowest BCUT2D eigenvalue weighted by Gasteiger charge is -2.11. The van der Waals surface area contributed by atoms with Crippen LogP contribution in [0.15, 0.2) is 41.4 Å². The lowest BCUT2D eigenvalue weighted by Crippen LogP contribution is -2.29. The normalized spacial score (nSPS) is 13.6. The van der Waals surface area contributed by atoms with Crippen molar-refractivity contribution in [3.8, 4) is 0 Å². The Balaban J connectivity index is 2.38. The smallest absolute Gasteiger partial charge is 0.242 e. The number of fused-ring (bicyclic) bond motifs is 1. The average Bonchev–Trinajstić information content (AvgIpc) is 2.44. The molecule has 1 aromatic carbocycles. The van der Waals surface area contributed by atoms with Crippen LogP contribution in [0.4, 0.5) is 0 Å². The first-order valence-electron chi connectivity index (χ1n) is 5.99. The lowest BCUT2D eigenvalue weighted by molar-refractivity contribution is 0.238. The van der Waals surface area contributed by atoms with E-state index in [0.717, 1.165) is 5.39 Å². The molecule has 2 N–H and O–H groups in total. The summed E-state index contributed by atoms with van der Waals surface area (Å²) in [6.45, 7) is 1.90. The molecule has 2 aromatic rings. The molecule has 0 fully saturated rings. The first-order chi connectivity index (χ1) is 9.04. The Labute approximate surface area is 112 Å². The van der Waals surface area contributed by atoms with Crippen molar-refractivity contribution in [2.45, 2.75) is 11.8 Å². The monoisotopic (exact) mass is 280 g/mol. The predicted octanol–water partition coefficient (Wildman–Crippen LogP) is 1.14. The third kappa shape index (κ3) is 3.09. The Hall–Kier alpha value is -1.50. The maximum Gasteiger partial charge on any atom is 0.242 e. The molecule has 0 radical (unpaired) electrons. The van der Waals surface area contributed by atoms with Crippen LogP contribution in [0.25, 0.3) is 10.9 Å². The number of aliphatic hydroxyl groups is 1. The van der Waals surface area contributed by atoms with Crippen molar-refractivity contribution in [1.82, 2.24) is 9.71 Å². The van der Waals surface area contributed by atoms with Crippen LogP contribution >= 0.6 is 0 Å². The van der Waals surface area contributed by atoms with Gasteiger partial charge in [-0.3, -0.25) is 4.98 Å². The summed E-state index contributed by atoms with van der Waals surface area (Å²) in [6, 6.07) is 8.62. The Bertz CT molecular complexity index is 665. The first kappa shape index (κ1) is 13.9. The van der Waals surface area contributed by atoms with Gasteiger partial charge in [0.2, 0.25) is 10.0 Å². The number of aliphatic hydroxyl groups excluding tert-OH is 1. The molecule has 2 rings (SSSR count). The summed E-state index contributed by atoms with van der Waals surface area (Å²) in [7, 11) is -3.62. The molecule has 0 saturated carbocycles. The van der Waals surface area contributed by atoms with Gasteiger partial charge in [-0.2, -0.15) is 0 Å². The maximum atomic E-state index is 12.2. The molecule has 0 saturated heterocycles. The Morgan fingerprint density at radius 3 is 2.79 bits per heavy atom. The molecule has 0 unspecified atom stereocenters. The molecule has 102 valence electrons. The van der Waals surface area contributed by atoms with Crippen molar-refractivity contribution >= 4 is 20.9 Å². The molecule has 0 bridgehead atoms. The van der Waals surface area contributed by atoms with Gasteiger partial charge in [-0.15, -0.1) is 0 Å². The minimum atomic E-state index is -3.62. The molecule has 1 atom stereocenters. The number of rotatable bonds is 5. The van der Waals surface area contributed by atoms with Crippen LogP contribution < -0.4 is 4.72 Å². The summed E-state index contributed by atoms with van der Waals surface area (Å²) in [4.78, 5) is 4.29. The Morgan fingerprint density at radius 2 is 2.05 bits per heavy atom. The van der Waals surface area contributed by atoms with Crippen molar-refractivity contribution in [3.05, 3.63) is 36.5 Å². The maximum absolute atomic E-state index is 12.2. The fraction of sp³-hybridized carbons (Fsp3) is 0.308. The highest BCUT2D eigenvalue weighted by molar-refractivity contribution is 7.89. The second kappa shape index (κ2) is 5.64. The predicted molar refractivity (Wildman–Crippen MR) is 73.2 cm³/mol. The summed E-state index contributed by atoms with van der Waals surface area (Å²) >= 11 is 0. The molecule has 1 heterocycles. The van der Waals surface area contributed by atoms with Gasteiger partial charge in [0, 0.05) is 24.7 Å². The third-order valence-corrected chi connectivity index (χ3v) is 4.27. The average molecular weight is 280 g/mol. The number of benzene rings is 1. The number of pyridine rings is 1. The summed E-state index contributed by atoms with van der Waals surface area (Å²) in [5, 5.41) is 9.71. The van der Waals surface area contributed by atoms with Crippen LogP contribution in [0.1, 0.15) is 6.92 Å². The van der Waals surface area contributed by atoms with Crippen molar-refractivity contribution in [2.75, 3.05) is 13.2 Å². The number of aromatic nitrogens is 1. The topological polar surface area (TPSA) is 79.3 Å². The Kier molecular flexibility index (Phi) is 4.14. The van der Waals surface area contributed by atoms with E-state index >= 15 is 0 Å². The van der Waals surface area contributed by atoms with E-state index in [9.17, 15) is 8.42 Å². The minimum Gasteiger partial charge on any atom is -0.396 e. The summed E-state index contributed by atoms with van der Waals surface area (Å²) in [6.07, 6.45) is 1.57. The number of hydrogen-bond donors (Lipinski definition) is 2. The first-order valence-corrected chi connectivity index (χ1v) is 7.47. The second-order valence-electron chi connectivity index (χ2n) is 4.47. The lowest BCUT2D eigenvalue weighted by atomic mass is 10.2. The van der Waals surface area contributed by atoms with Crippen LogP contribution in [0.2, 0.25) is 0 Å². The van der Waals surface area contributed by atoms with Crippen LogP contribution in [0.3, 0.4) is 0 Å². The number of hydrogen-bond acceptors (Lipinski definition) is 4. The molecule has 0 aliphatic carbocycles. The van der Waals surface area contributed by atoms with E-state index in [1.165, 1.54) is 6.07 Å². The molecule has 0 aliphatic heterocycles. The summed E-state index contributed by atoms with van der Waals surface area (Å²) < 4.78 is 27.0. The van der Waals surface area contributed by atoms with Crippen molar-refractivity contribution in [1.29, 1.82) is 0 Å². The number of sulfonamides is 1. The molecule has 0 aliphatic rings.